The zero-order chi connectivity index (χ0) is 18.3. The molecule has 0 bridgehead atoms. The molecule has 4 rings (SSSR count). The Bertz CT molecular complexity index is 964. The molecule has 6 nitrogen and oxygen atoms in total. The zero-order valence-corrected chi connectivity index (χ0v) is 15.6. The van der Waals surface area contributed by atoms with Crippen LogP contribution in [0.3, 0.4) is 0 Å². The zero-order valence-electron chi connectivity index (χ0n) is 15.6. The summed E-state index contributed by atoms with van der Waals surface area (Å²) in [6.45, 7) is 4.03. The molecular formula is C20H25N5O. The lowest BCUT2D eigenvalue weighted by molar-refractivity contribution is -0.116. The van der Waals surface area contributed by atoms with Crippen molar-refractivity contribution >= 4 is 22.6 Å². The van der Waals surface area contributed by atoms with Crippen LogP contribution in [0.5, 0.6) is 0 Å². The highest BCUT2D eigenvalue weighted by Crippen LogP contribution is 2.35. The lowest BCUT2D eigenvalue weighted by Gasteiger charge is -2.22. The predicted octanol–water partition coefficient (Wildman–Crippen LogP) is 3.75. The van der Waals surface area contributed by atoms with Gasteiger partial charge in [0.05, 0.1) is 16.7 Å². The van der Waals surface area contributed by atoms with Crippen LogP contribution in [0.25, 0.3) is 11.0 Å². The minimum atomic E-state index is 0.0192. The highest BCUT2D eigenvalue weighted by atomic mass is 16.1. The Morgan fingerprint density at radius 1 is 1.35 bits per heavy atom. The summed E-state index contributed by atoms with van der Waals surface area (Å²) < 4.78 is 1.87. The first-order valence-electron chi connectivity index (χ1n) is 9.30. The highest BCUT2D eigenvalue weighted by molar-refractivity contribution is 5.93. The normalized spacial score (nSPS) is 14.6. The molecule has 1 aromatic carbocycles. The molecule has 1 aliphatic rings. The van der Waals surface area contributed by atoms with E-state index < -0.39 is 0 Å². The Labute approximate surface area is 153 Å². The first-order valence-corrected chi connectivity index (χ1v) is 9.30. The molecule has 0 radical (unpaired) electrons. The van der Waals surface area contributed by atoms with E-state index in [4.69, 9.17) is 0 Å². The number of aromatic amines is 1. The van der Waals surface area contributed by atoms with Crippen molar-refractivity contribution in [3.05, 3.63) is 41.0 Å². The number of imidazole rings is 1. The molecule has 2 heterocycles. The second kappa shape index (κ2) is 6.59. The molecule has 1 amide bonds. The third-order valence-corrected chi connectivity index (χ3v) is 5.54. The number of nitrogens with one attached hydrogen (secondary N) is 2. The number of fused-ring (bicyclic) bond motifs is 1. The van der Waals surface area contributed by atoms with Gasteiger partial charge in [-0.3, -0.25) is 9.48 Å². The molecule has 0 saturated heterocycles. The van der Waals surface area contributed by atoms with E-state index in [-0.39, 0.29) is 5.91 Å². The molecule has 0 atom stereocenters. The summed E-state index contributed by atoms with van der Waals surface area (Å²) in [7, 11) is 1.93. The van der Waals surface area contributed by atoms with E-state index in [2.05, 4.69) is 20.4 Å². The van der Waals surface area contributed by atoms with Gasteiger partial charge in [-0.2, -0.15) is 5.10 Å². The maximum absolute atomic E-state index is 12.4. The number of hydrogen-bond donors (Lipinski definition) is 2. The van der Waals surface area contributed by atoms with Gasteiger partial charge in [0.1, 0.15) is 5.82 Å². The average molecular weight is 351 g/mol. The van der Waals surface area contributed by atoms with Crippen LogP contribution >= 0.6 is 0 Å². The van der Waals surface area contributed by atoms with Crippen molar-refractivity contribution in [3.63, 3.8) is 0 Å². The molecule has 1 saturated carbocycles. The molecular weight excluding hydrogens is 326 g/mol. The van der Waals surface area contributed by atoms with E-state index >= 15 is 0 Å². The molecule has 0 aliphatic heterocycles. The molecule has 3 aromatic rings. The first-order chi connectivity index (χ1) is 12.5. The molecule has 136 valence electrons. The second-order valence-corrected chi connectivity index (χ2v) is 7.30. The molecule has 2 aromatic heterocycles. The minimum Gasteiger partial charge on any atom is -0.342 e. The topological polar surface area (TPSA) is 75.6 Å². The third-order valence-electron chi connectivity index (χ3n) is 5.54. The van der Waals surface area contributed by atoms with Gasteiger partial charge in [-0.1, -0.05) is 6.42 Å². The third kappa shape index (κ3) is 3.11. The second-order valence-electron chi connectivity index (χ2n) is 7.30. The van der Waals surface area contributed by atoms with Gasteiger partial charge in [-0.25, -0.2) is 4.98 Å². The summed E-state index contributed by atoms with van der Waals surface area (Å²) in [6, 6.07) is 5.87. The van der Waals surface area contributed by atoms with E-state index in [9.17, 15) is 4.79 Å². The van der Waals surface area contributed by atoms with E-state index in [1.54, 1.807) is 0 Å². The maximum Gasteiger partial charge on any atom is 0.224 e. The van der Waals surface area contributed by atoms with E-state index in [0.29, 0.717) is 18.8 Å². The van der Waals surface area contributed by atoms with Gasteiger partial charge in [-0.05, 0) is 56.9 Å². The minimum absolute atomic E-state index is 0.0192. The Morgan fingerprint density at radius 3 is 2.81 bits per heavy atom. The van der Waals surface area contributed by atoms with Crippen LogP contribution in [0.15, 0.2) is 18.2 Å². The predicted molar refractivity (Wildman–Crippen MR) is 102 cm³/mol. The lowest BCUT2D eigenvalue weighted by atomic mass is 9.85. The van der Waals surface area contributed by atoms with Gasteiger partial charge in [-0.15, -0.1) is 0 Å². The van der Waals surface area contributed by atoms with E-state index in [1.165, 1.54) is 19.3 Å². The fourth-order valence-corrected chi connectivity index (χ4v) is 3.62. The summed E-state index contributed by atoms with van der Waals surface area (Å²) in [6.07, 6.45) is 4.88. The number of carbonyl (C=O) groups excluding carboxylic acids is 1. The summed E-state index contributed by atoms with van der Waals surface area (Å²) in [5, 5.41) is 7.41. The van der Waals surface area contributed by atoms with Crippen molar-refractivity contribution < 1.29 is 4.79 Å². The molecule has 1 fully saturated rings. The first kappa shape index (κ1) is 16.8. The summed E-state index contributed by atoms with van der Waals surface area (Å²) in [5.74, 6) is 1.68. The molecule has 26 heavy (non-hydrogen) atoms. The van der Waals surface area contributed by atoms with Crippen LogP contribution < -0.4 is 5.32 Å². The van der Waals surface area contributed by atoms with E-state index in [0.717, 1.165) is 39.5 Å². The van der Waals surface area contributed by atoms with Crippen LogP contribution in [-0.4, -0.2) is 25.7 Å². The maximum atomic E-state index is 12.4. The quantitative estimate of drug-likeness (QED) is 0.735. The summed E-state index contributed by atoms with van der Waals surface area (Å²) >= 11 is 0. The van der Waals surface area contributed by atoms with Gasteiger partial charge in [0.25, 0.3) is 0 Å². The fraction of sp³-hybridized carbons (Fsp3) is 0.450. The number of nitrogens with zero attached hydrogens (tertiary/aromatic N) is 3. The lowest BCUT2D eigenvalue weighted by Crippen LogP contribution is -2.12. The molecule has 1 aliphatic carbocycles. The van der Waals surface area contributed by atoms with Gasteiger partial charge < -0.3 is 10.3 Å². The Balaban J connectivity index is 1.42. The fourth-order valence-electron chi connectivity index (χ4n) is 3.62. The van der Waals surface area contributed by atoms with Gasteiger partial charge >= 0.3 is 0 Å². The Morgan fingerprint density at radius 2 is 2.15 bits per heavy atom. The number of rotatable bonds is 5. The number of amides is 1. The number of benzene rings is 1. The Kier molecular flexibility index (Phi) is 4.26. The van der Waals surface area contributed by atoms with E-state index in [1.807, 2.05) is 43.8 Å². The van der Waals surface area contributed by atoms with Crippen LogP contribution in [0.4, 0.5) is 5.69 Å². The van der Waals surface area contributed by atoms with Gasteiger partial charge in [0.15, 0.2) is 0 Å². The van der Waals surface area contributed by atoms with Crippen LogP contribution in [0, 0.1) is 13.8 Å². The van der Waals surface area contributed by atoms with Gasteiger partial charge in [0, 0.05) is 30.8 Å². The highest BCUT2D eigenvalue weighted by Gasteiger charge is 2.22. The monoisotopic (exact) mass is 351 g/mol. The van der Waals surface area contributed by atoms with Crippen molar-refractivity contribution in [2.45, 2.75) is 51.9 Å². The van der Waals surface area contributed by atoms with Crippen LogP contribution in [-0.2, 0) is 18.3 Å². The number of carbonyl (C=O) groups is 1. The number of H-pyrrole nitrogens is 1. The number of aromatic nitrogens is 4. The van der Waals surface area contributed by atoms with Crippen molar-refractivity contribution in [1.29, 1.82) is 0 Å². The number of hydrogen-bond acceptors (Lipinski definition) is 3. The van der Waals surface area contributed by atoms with Gasteiger partial charge in [0.2, 0.25) is 5.91 Å². The SMILES string of the molecule is Cc1nn(C)c(C)c1CCC(=O)Nc1ccc2nc(C3CCC3)[nH]c2c1. The van der Waals surface area contributed by atoms with Crippen molar-refractivity contribution in [1.82, 2.24) is 19.7 Å². The van der Waals surface area contributed by atoms with Crippen molar-refractivity contribution in [2.24, 2.45) is 7.05 Å². The molecule has 2 N–H and O–H groups in total. The van der Waals surface area contributed by atoms with Crippen LogP contribution in [0.1, 0.15) is 54.4 Å². The molecule has 0 unspecified atom stereocenters. The number of anilines is 1. The summed E-state index contributed by atoms with van der Waals surface area (Å²) in [4.78, 5) is 20.4. The number of aryl methyl sites for hydroxylation is 2. The van der Waals surface area contributed by atoms with Crippen molar-refractivity contribution in [3.8, 4) is 0 Å². The molecule has 6 heteroatoms. The largest absolute Gasteiger partial charge is 0.342 e. The standard InChI is InChI=1S/C20H25N5O/c1-12-16(13(2)25(3)24-12)8-10-19(26)21-15-7-9-17-18(11-15)23-20(22-17)14-5-4-6-14/h7,9,11,14H,4-6,8,10H2,1-3H3,(H,21,26)(H,22,23). The van der Waals surface area contributed by atoms with Crippen molar-refractivity contribution in [2.75, 3.05) is 5.32 Å². The Hall–Kier alpha value is -2.63. The smallest absolute Gasteiger partial charge is 0.224 e. The van der Waals surface area contributed by atoms with Crippen LogP contribution in [0.2, 0.25) is 0 Å². The summed E-state index contributed by atoms with van der Waals surface area (Å²) in [5.41, 5.74) is 6.05. The molecule has 0 spiro atoms. The average Bonchev–Trinajstić information content (AvgIpc) is 3.05.